The fourth-order valence-corrected chi connectivity index (χ4v) is 11.2. The van der Waals surface area contributed by atoms with Gasteiger partial charge in [-0.25, -0.2) is 24.2 Å². The fraction of sp³-hybridized carbons (Fsp3) is 0.373. The number of halogens is 1. The number of ether oxygens (including phenoxy) is 5. The third kappa shape index (κ3) is 14.9. The number of carbonyl (C=O) groups is 6. The SMILES string of the molecule is CC[C@@H](O/N=C(\C(=O)NC1C(=O)N2C(C(=O)OCc3ccc(OC)cc3)=C(C[n+]3cccc4c3ccn4CCCN(C)C(=O)OC(C)(C)C)CSC12)c1nc(NC(=O)OC(C)(C)C)sc1Cl)C(=O)OC(c1ccccc1)c1ccccc1. The number of aromatic nitrogens is 3. The van der Waals surface area contributed by atoms with Crippen molar-refractivity contribution in [2.75, 3.05) is 31.8 Å². The van der Waals surface area contributed by atoms with Crippen LogP contribution in [0.3, 0.4) is 0 Å². The Morgan fingerprint density at radius 3 is 2.21 bits per heavy atom. The molecule has 0 radical (unpaired) electrons. The maximum absolute atomic E-state index is 14.7. The summed E-state index contributed by atoms with van der Waals surface area (Å²) in [7, 11) is 3.26. The molecule has 2 aliphatic rings. The Bertz CT molecular complexity index is 3320. The number of amides is 4. The van der Waals surface area contributed by atoms with Crippen LogP contribution in [-0.4, -0.2) is 116 Å². The standard InChI is InChI=1S/C59H65ClN8O12S2/c1-10-43(53(71)77-48(37-19-13-11-14-20-37)38-21-15-12-16-22-38)80-64-45(44-49(60)82-55(62-44)63-56(73)78-58(2,3)4)50(69)61-46-51(70)68-47(54(72)76-34-36-24-26-40(75-9)27-25-36)39(35-81-52(46)68)33-67-30-17-23-41-42(67)28-32-66(41)31-18-29-65(8)57(74)79-59(5,6)7/h11-17,19-28,30,32,43,46,48,52H,10,18,29,31,33-35H2,1-9H3,(H-,61,62,63,69,73)/p+1/b64-45-/t43-,46?,52?/m1/s1. The molecule has 1 saturated heterocycles. The molecule has 4 amide bonds. The number of benzene rings is 3. The zero-order chi connectivity index (χ0) is 58.9. The maximum atomic E-state index is 14.7. The number of hydrogen-bond donors (Lipinski definition) is 2. The van der Waals surface area contributed by atoms with Crippen molar-refractivity contribution < 1.29 is 61.9 Å². The summed E-state index contributed by atoms with van der Waals surface area (Å²) in [5, 5.41) is 8.65. The van der Waals surface area contributed by atoms with Gasteiger partial charge in [0.1, 0.15) is 56.2 Å². The third-order valence-corrected chi connectivity index (χ3v) is 15.3. The summed E-state index contributed by atoms with van der Waals surface area (Å²) in [5.41, 5.74) is 2.27. The minimum absolute atomic E-state index is 0.0353. The quantitative estimate of drug-likeness (QED) is 0.0171. The monoisotopic (exact) mass is 1180 g/mol. The van der Waals surface area contributed by atoms with Crippen LogP contribution in [0.5, 0.6) is 5.75 Å². The first kappa shape index (κ1) is 60.2. The summed E-state index contributed by atoms with van der Waals surface area (Å²) in [6, 6.07) is 30.0. The summed E-state index contributed by atoms with van der Waals surface area (Å²) in [6.45, 7) is 13.4. The van der Waals surface area contributed by atoms with E-state index in [0.717, 1.165) is 22.4 Å². The topological polar surface area (TPSA) is 222 Å². The lowest BCUT2D eigenvalue weighted by Gasteiger charge is -2.49. The van der Waals surface area contributed by atoms with Crippen LogP contribution in [0, 0.1) is 0 Å². The van der Waals surface area contributed by atoms with Gasteiger partial charge in [0.2, 0.25) is 11.6 Å². The van der Waals surface area contributed by atoms with Crippen LogP contribution in [0.25, 0.3) is 11.0 Å². The zero-order valence-corrected chi connectivity index (χ0v) is 49.4. The molecule has 2 aliphatic heterocycles. The molecule has 0 aliphatic carbocycles. The first-order valence-corrected chi connectivity index (χ1v) is 28.8. The van der Waals surface area contributed by atoms with E-state index in [9.17, 15) is 28.8 Å². The highest BCUT2D eigenvalue weighted by Gasteiger charge is 2.55. The Hall–Kier alpha value is -7.95. The summed E-state index contributed by atoms with van der Waals surface area (Å²) >= 11 is 8.90. The number of oxime groups is 1. The number of β-lactam (4-membered cyclic amide) rings is 1. The molecule has 0 saturated carbocycles. The number of fused-ring (bicyclic) bond motifs is 2. The normalized spacial score (nSPS) is 15.7. The van der Waals surface area contributed by atoms with Crippen LogP contribution < -0.4 is 19.9 Å². The molecule has 6 aromatic rings. The Labute approximate surface area is 488 Å². The first-order valence-electron chi connectivity index (χ1n) is 26.5. The van der Waals surface area contributed by atoms with E-state index in [1.165, 1.54) is 16.7 Å². The minimum Gasteiger partial charge on any atom is -0.497 e. The smallest absolute Gasteiger partial charge is 0.413 e. The highest BCUT2D eigenvalue weighted by atomic mass is 35.5. The van der Waals surface area contributed by atoms with Gasteiger partial charge in [-0.05, 0) is 89.3 Å². The molecular formula is C59H66ClN8O12S2+. The molecule has 2 N–H and O–H groups in total. The van der Waals surface area contributed by atoms with Gasteiger partial charge in [-0.3, -0.25) is 19.8 Å². The number of nitrogens with zero attached hydrogens (tertiary/aromatic N) is 6. The largest absolute Gasteiger partial charge is 0.497 e. The second-order valence-corrected chi connectivity index (χ2v) is 24.0. The number of hydrogen-bond acceptors (Lipinski definition) is 16. The predicted octanol–water partition coefficient (Wildman–Crippen LogP) is 9.58. The molecule has 2 unspecified atom stereocenters. The lowest BCUT2D eigenvalue weighted by molar-refractivity contribution is -0.663. The van der Waals surface area contributed by atoms with E-state index < -0.39 is 76.5 Å². The summed E-state index contributed by atoms with van der Waals surface area (Å²) in [6.07, 6.45) is 1.16. The number of esters is 2. The molecule has 23 heteroatoms. The maximum Gasteiger partial charge on any atom is 0.413 e. The van der Waals surface area contributed by atoms with Crippen LogP contribution >= 0.6 is 34.7 Å². The van der Waals surface area contributed by atoms with Gasteiger partial charge in [-0.15, -0.1) is 11.8 Å². The average Bonchev–Trinajstić information content (AvgIpc) is 2.42. The average molecular weight is 1180 g/mol. The number of thioether (sulfide) groups is 1. The molecule has 20 nitrogen and oxygen atoms in total. The van der Waals surface area contributed by atoms with Crippen molar-refractivity contribution >= 4 is 92.5 Å². The van der Waals surface area contributed by atoms with Crippen molar-refractivity contribution in [2.45, 2.75) is 116 Å². The van der Waals surface area contributed by atoms with E-state index in [1.807, 2.05) is 117 Å². The summed E-state index contributed by atoms with van der Waals surface area (Å²) in [5.74, 6) is -2.24. The molecule has 0 bridgehead atoms. The molecule has 3 aromatic carbocycles. The lowest BCUT2D eigenvalue weighted by Crippen LogP contribution is -2.71. The van der Waals surface area contributed by atoms with E-state index >= 15 is 0 Å². The third-order valence-electron chi connectivity index (χ3n) is 12.8. The molecule has 5 heterocycles. The van der Waals surface area contributed by atoms with E-state index in [0.29, 0.717) is 47.5 Å². The van der Waals surface area contributed by atoms with Crippen molar-refractivity contribution in [1.82, 2.24) is 24.7 Å². The van der Waals surface area contributed by atoms with E-state index in [2.05, 4.69) is 25.3 Å². The van der Waals surface area contributed by atoms with Crippen LogP contribution in [0.4, 0.5) is 14.7 Å². The van der Waals surface area contributed by atoms with Gasteiger partial charge in [-0.2, -0.15) is 4.57 Å². The summed E-state index contributed by atoms with van der Waals surface area (Å²) < 4.78 is 32.2. The van der Waals surface area contributed by atoms with Gasteiger partial charge in [0.05, 0.1) is 7.11 Å². The minimum atomic E-state index is -1.35. The Balaban J connectivity index is 1.06. The predicted molar refractivity (Wildman–Crippen MR) is 310 cm³/mol. The van der Waals surface area contributed by atoms with Gasteiger partial charge in [0, 0.05) is 49.8 Å². The molecule has 3 atom stereocenters. The highest BCUT2D eigenvalue weighted by molar-refractivity contribution is 8.00. The van der Waals surface area contributed by atoms with Crippen LogP contribution in [0.15, 0.2) is 132 Å². The van der Waals surface area contributed by atoms with Crippen LogP contribution in [-0.2, 0) is 62.7 Å². The molecule has 1 fully saturated rings. The van der Waals surface area contributed by atoms with E-state index in [-0.39, 0.29) is 46.2 Å². The van der Waals surface area contributed by atoms with Gasteiger partial charge in [0.25, 0.3) is 11.8 Å². The molecule has 0 spiro atoms. The van der Waals surface area contributed by atoms with Gasteiger partial charge in [-0.1, -0.05) is 108 Å². The van der Waals surface area contributed by atoms with Gasteiger partial charge < -0.3 is 43.3 Å². The summed E-state index contributed by atoms with van der Waals surface area (Å²) in [4.78, 5) is 96.5. The molecule has 8 rings (SSSR count). The Morgan fingerprint density at radius 2 is 1.57 bits per heavy atom. The number of thiazole rings is 1. The van der Waals surface area contributed by atoms with Crippen molar-refractivity contribution in [3.05, 3.63) is 154 Å². The van der Waals surface area contributed by atoms with Crippen molar-refractivity contribution in [2.24, 2.45) is 5.16 Å². The number of carbonyl (C=O) groups excluding carboxylic acids is 6. The first-order chi connectivity index (χ1) is 39.1. The number of aryl methyl sites for hydroxylation is 1. The number of methoxy groups -OCH3 is 1. The van der Waals surface area contributed by atoms with Crippen molar-refractivity contribution in [3.8, 4) is 5.75 Å². The number of pyridine rings is 1. The van der Waals surface area contributed by atoms with Gasteiger partial charge in [0.15, 0.2) is 29.7 Å². The van der Waals surface area contributed by atoms with Crippen LogP contribution in [0.2, 0.25) is 4.34 Å². The molecular weight excluding hydrogens is 1110 g/mol. The lowest BCUT2D eigenvalue weighted by atomic mass is 10.0. The number of rotatable bonds is 21. The van der Waals surface area contributed by atoms with Gasteiger partial charge >= 0.3 is 24.1 Å². The molecule has 432 valence electrons. The second-order valence-electron chi connectivity index (χ2n) is 21.3. The van der Waals surface area contributed by atoms with Crippen molar-refractivity contribution in [3.63, 3.8) is 0 Å². The Morgan fingerprint density at radius 1 is 0.902 bits per heavy atom. The van der Waals surface area contributed by atoms with Crippen molar-refractivity contribution in [1.29, 1.82) is 0 Å². The fourth-order valence-electron chi connectivity index (χ4n) is 8.87. The number of nitrogens with one attached hydrogen (secondary N) is 2. The van der Waals surface area contributed by atoms with E-state index in [1.54, 1.807) is 71.0 Å². The zero-order valence-electron chi connectivity index (χ0n) is 47.0. The second kappa shape index (κ2) is 26.3. The van der Waals surface area contributed by atoms with Crippen LogP contribution in [0.1, 0.15) is 89.8 Å². The highest BCUT2D eigenvalue weighted by Crippen LogP contribution is 2.41. The van der Waals surface area contributed by atoms with E-state index in [4.69, 9.17) is 40.1 Å². The molecule has 3 aromatic heterocycles. The number of anilines is 1. The Kier molecular flexibility index (Phi) is 19.3. The molecule has 82 heavy (non-hydrogen) atoms.